The fourth-order valence-corrected chi connectivity index (χ4v) is 1.82. The number of nitrogens with one attached hydrogen (secondary N) is 2. The van der Waals surface area contributed by atoms with Crippen molar-refractivity contribution in [3.05, 3.63) is 29.8 Å². The Morgan fingerprint density at radius 3 is 2.53 bits per heavy atom. The number of likely N-dealkylation sites (N-methyl/N-ethyl adjacent to an activating group) is 2. The highest BCUT2D eigenvalue weighted by Gasteiger charge is 2.11. The van der Waals surface area contributed by atoms with Crippen molar-refractivity contribution < 1.29 is 9.53 Å². The second-order valence-corrected chi connectivity index (χ2v) is 4.50. The Kier molecular flexibility index (Phi) is 7.15. The third kappa shape index (κ3) is 5.85. The number of hydrogen-bond donors (Lipinski definition) is 2. The summed E-state index contributed by atoms with van der Waals surface area (Å²) in [6, 6.07) is 7.81. The van der Waals surface area contributed by atoms with Crippen LogP contribution in [0.2, 0.25) is 0 Å². The van der Waals surface area contributed by atoms with E-state index in [4.69, 9.17) is 4.74 Å². The van der Waals surface area contributed by atoms with E-state index in [0.717, 1.165) is 24.4 Å². The normalized spacial score (nSPS) is 12.2. The van der Waals surface area contributed by atoms with Crippen LogP contribution in [0, 0.1) is 0 Å². The average molecular weight is 264 g/mol. The predicted octanol–water partition coefficient (Wildman–Crippen LogP) is 1.39. The first-order chi connectivity index (χ1) is 9.17. The number of ether oxygens (including phenoxy) is 1. The van der Waals surface area contributed by atoms with Crippen LogP contribution in [0.3, 0.4) is 0 Å². The van der Waals surface area contributed by atoms with Gasteiger partial charge < -0.3 is 15.4 Å². The van der Waals surface area contributed by atoms with Gasteiger partial charge in [-0.15, -0.1) is 0 Å². The zero-order valence-electron chi connectivity index (χ0n) is 12.0. The molecule has 1 aromatic carbocycles. The maximum Gasteiger partial charge on any atom is 0.147 e. The number of ketones is 1. The van der Waals surface area contributed by atoms with Crippen LogP contribution in [0.4, 0.5) is 0 Å². The first kappa shape index (κ1) is 15.7. The molecule has 0 saturated heterocycles. The molecule has 0 radical (unpaired) electrons. The van der Waals surface area contributed by atoms with E-state index >= 15 is 0 Å². The van der Waals surface area contributed by atoms with E-state index in [0.29, 0.717) is 13.0 Å². The lowest BCUT2D eigenvalue weighted by Gasteiger charge is -2.13. The second kappa shape index (κ2) is 8.67. The van der Waals surface area contributed by atoms with Crippen LogP contribution in [0.5, 0.6) is 5.75 Å². The van der Waals surface area contributed by atoms with Gasteiger partial charge in [-0.1, -0.05) is 19.1 Å². The Labute approximate surface area is 115 Å². The van der Waals surface area contributed by atoms with Gasteiger partial charge in [0.15, 0.2) is 0 Å². The number of hydrogen-bond acceptors (Lipinski definition) is 4. The molecule has 2 N–H and O–H groups in total. The van der Waals surface area contributed by atoms with Crippen molar-refractivity contribution in [1.29, 1.82) is 0 Å². The summed E-state index contributed by atoms with van der Waals surface area (Å²) in [4.78, 5) is 11.4. The van der Waals surface area contributed by atoms with E-state index in [-0.39, 0.29) is 11.8 Å². The van der Waals surface area contributed by atoms with Gasteiger partial charge >= 0.3 is 0 Å². The van der Waals surface area contributed by atoms with Gasteiger partial charge in [-0.2, -0.15) is 0 Å². The summed E-state index contributed by atoms with van der Waals surface area (Å²) in [5.74, 6) is 1.03. The molecule has 0 bridgehead atoms. The highest BCUT2D eigenvalue weighted by Crippen LogP contribution is 2.13. The number of carbonyl (C=O) groups excluding carboxylic acids is 1. The SMILES string of the molecule is CCNCCOc1ccc(C[C@H](NC)C(C)=O)cc1. The molecule has 0 amide bonds. The van der Waals surface area contributed by atoms with E-state index in [1.807, 2.05) is 31.3 Å². The molecule has 106 valence electrons. The molecular weight excluding hydrogens is 240 g/mol. The van der Waals surface area contributed by atoms with Crippen LogP contribution >= 0.6 is 0 Å². The molecule has 0 spiro atoms. The zero-order chi connectivity index (χ0) is 14.1. The summed E-state index contributed by atoms with van der Waals surface area (Å²) in [6.45, 7) is 6.16. The lowest BCUT2D eigenvalue weighted by atomic mass is 10.0. The second-order valence-electron chi connectivity index (χ2n) is 4.50. The standard InChI is InChI=1S/C15H24N2O2/c1-4-17-9-10-19-14-7-5-13(6-8-14)11-15(16-3)12(2)18/h5-8,15-17H,4,9-11H2,1-3H3/t15-/m0/s1. The Bertz CT molecular complexity index is 376. The van der Waals surface area contributed by atoms with Crippen LogP contribution in [0.25, 0.3) is 0 Å². The molecule has 19 heavy (non-hydrogen) atoms. The zero-order valence-corrected chi connectivity index (χ0v) is 12.0. The molecule has 0 aliphatic carbocycles. The monoisotopic (exact) mass is 264 g/mol. The molecule has 0 fully saturated rings. The van der Waals surface area contributed by atoms with Gasteiger partial charge in [0.25, 0.3) is 0 Å². The first-order valence-electron chi connectivity index (χ1n) is 6.77. The Morgan fingerprint density at radius 2 is 2.00 bits per heavy atom. The van der Waals surface area contributed by atoms with Crippen molar-refractivity contribution in [3.63, 3.8) is 0 Å². The highest BCUT2D eigenvalue weighted by atomic mass is 16.5. The Morgan fingerprint density at radius 1 is 1.32 bits per heavy atom. The molecular formula is C15H24N2O2. The van der Waals surface area contributed by atoms with Crippen molar-refractivity contribution in [3.8, 4) is 5.75 Å². The molecule has 1 atom stereocenters. The van der Waals surface area contributed by atoms with E-state index in [9.17, 15) is 4.79 Å². The van der Waals surface area contributed by atoms with Gasteiger partial charge in [0.2, 0.25) is 0 Å². The summed E-state index contributed by atoms with van der Waals surface area (Å²) < 4.78 is 5.60. The molecule has 0 saturated carbocycles. The van der Waals surface area contributed by atoms with Gasteiger partial charge in [0, 0.05) is 6.54 Å². The highest BCUT2D eigenvalue weighted by molar-refractivity contribution is 5.81. The molecule has 1 aromatic rings. The van der Waals surface area contributed by atoms with Crippen LogP contribution in [-0.4, -0.2) is 38.6 Å². The lowest BCUT2D eigenvalue weighted by molar-refractivity contribution is -0.118. The number of Topliss-reactive ketones (excluding diaryl/α,β-unsaturated/α-hetero) is 1. The summed E-state index contributed by atoms with van der Waals surface area (Å²) in [5, 5.41) is 6.23. The minimum atomic E-state index is -0.111. The third-order valence-electron chi connectivity index (χ3n) is 3.00. The van der Waals surface area contributed by atoms with Gasteiger partial charge in [-0.05, 0) is 44.6 Å². The number of rotatable bonds is 9. The number of benzene rings is 1. The van der Waals surface area contributed by atoms with Crippen molar-refractivity contribution >= 4 is 5.78 Å². The fraction of sp³-hybridized carbons (Fsp3) is 0.533. The van der Waals surface area contributed by atoms with Crippen LogP contribution in [-0.2, 0) is 11.2 Å². The van der Waals surface area contributed by atoms with E-state index in [1.165, 1.54) is 0 Å². The van der Waals surface area contributed by atoms with Gasteiger partial charge in [-0.3, -0.25) is 4.79 Å². The minimum absolute atomic E-state index is 0.111. The van der Waals surface area contributed by atoms with Gasteiger partial charge in [0.1, 0.15) is 18.1 Å². The quantitative estimate of drug-likeness (QED) is 0.662. The van der Waals surface area contributed by atoms with E-state index in [2.05, 4.69) is 17.6 Å². The Hall–Kier alpha value is -1.39. The Balaban J connectivity index is 2.44. The maximum absolute atomic E-state index is 11.4. The van der Waals surface area contributed by atoms with Crippen molar-refractivity contribution in [2.24, 2.45) is 0 Å². The third-order valence-corrected chi connectivity index (χ3v) is 3.00. The lowest BCUT2D eigenvalue weighted by Crippen LogP contribution is -2.34. The molecule has 4 heteroatoms. The molecule has 0 aromatic heterocycles. The van der Waals surface area contributed by atoms with Crippen LogP contribution in [0.15, 0.2) is 24.3 Å². The summed E-state index contributed by atoms with van der Waals surface area (Å²) in [7, 11) is 1.81. The van der Waals surface area contributed by atoms with Crippen LogP contribution in [0.1, 0.15) is 19.4 Å². The van der Waals surface area contributed by atoms with Crippen LogP contribution < -0.4 is 15.4 Å². The summed E-state index contributed by atoms with van der Waals surface area (Å²) in [5.41, 5.74) is 1.13. The number of carbonyl (C=O) groups is 1. The van der Waals surface area contributed by atoms with Crippen molar-refractivity contribution in [1.82, 2.24) is 10.6 Å². The molecule has 0 unspecified atom stereocenters. The minimum Gasteiger partial charge on any atom is -0.492 e. The molecule has 0 aliphatic heterocycles. The largest absolute Gasteiger partial charge is 0.492 e. The van der Waals surface area contributed by atoms with Gasteiger partial charge in [-0.25, -0.2) is 0 Å². The van der Waals surface area contributed by atoms with Gasteiger partial charge in [0.05, 0.1) is 6.04 Å². The average Bonchev–Trinajstić information content (AvgIpc) is 2.42. The van der Waals surface area contributed by atoms with Crippen molar-refractivity contribution in [2.45, 2.75) is 26.3 Å². The summed E-state index contributed by atoms with van der Waals surface area (Å²) in [6.07, 6.45) is 0.712. The van der Waals surface area contributed by atoms with Crippen molar-refractivity contribution in [2.75, 3.05) is 26.7 Å². The summed E-state index contributed by atoms with van der Waals surface area (Å²) >= 11 is 0. The maximum atomic E-state index is 11.4. The first-order valence-corrected chi connectivity index (χ1v) is 6.77. The molecule has 0 aliphatic rings. The topological polar surface area (TPSA) is 50.4 Å². The molecule has 1 rings (SSSR count). The fourth-order valence-electron chi connectivity index (χ4n) is 1.82. The van der Waals surface area contributed by atoms with E-state index < -0.39 is 0 Å². The predicted molar refractivity (Wildman–Crippen MR) is 77.7 cm³/mol. The molecule has 0 heterocycles. The van der Waals surface area contributed by atoms with E-state index in [1.54, 1.807) is 6.92 Å². The smallest absolute Gasteiger partial charge is 0.147 e. The molecule has 4 nitrogen and oxygen atoms in total.